The Hall–Kier alpha value is -4.44. The van der Waals surface area contributed by atoms with E-state index < -0.39 is 11.9 Å². The SMILES string of the molecule is Cc1ccccc1/C(OC(=O)c1ccccc1)=C(\OC(=O)c1ccccc1)c1ccccc1C. The average Bonchev–Trinajstić information content (AvgIpc) is 2.88. The van der Waals surface area contributed by atoms with Crippen LogP contribution in [0.1, 0.15) is 43.0 Å². The van der Waals surface area contributed by atoms with Gasteiger partial charge >= 0.3 is 11.9 Å². The summed E-state index contributed by atoms with van der Waals surface area (Å²) in [4.78, 5) is 26.2. The number of ether oxygens (including phenoxy) is 2. The van der Waals surface area contributed by atoms with Gasteiger partial charge in [0, 0.05) is 11.1 Å². The molecule has 0 saturated carbocycles. The van der Waals surface area contributed by atoms with E-state index in [9.17, 15) is 9.59 Å². The van der Waals surface area contributed by atoms with Gasteiger partial charge in [-0.3, -0.25) is 0 Å². The van der Waals surface area contributed by atoms with Crippen LogP contribution in [-0.4, -0.2) is 11.9 Å². The highest BCUT2D eigenvalue weighted by Crippen LogP contribution is 2.33. The summed E-state index contributed by atoms with van der Waals surface area (Å²) in [5, 5.41) is 0. The zero-order valence-electron chi connectivity index (χ0n) is 19.0. The molecule has 4 heteroatoms. The maximum Gasteiger partial charge on any atom is 0.343 e. The van der Waals surface area contributed by atoms with Crippen molar-refractivity contribution in [2.75, 3.05) is 0 Å². The third kappa shape index (κ3) is 5.13. The standard InChI is InChI=1S/C30H24O4/c1-21-13-9-11-19-25(21)27(33-29(31)23-15-5-3-6-16-23)28(26-20-12-10-14-22(26)2)34-30(32)24-17-7-4-8-18-24/h3-20H,1-2H3/b28-27+. The summed E-state index contributed by atoms with van der Waals surface area (Å²) in [6.07, 6.45) is 0. The molecule has 0 aromatic heterocycles. The monoisotopic (exact) mass is 448 g/mol. The third-order valence-electron chi connectivity index (χ3n) is 5.39. The molecule has 0 amide bonds. The molecule has 0 unspecified atom stereocenters. The Morgan fingerprint density at radius 2 is 0.794 bits per heavy atom. The Bertz CT molecular complexity index is 1230. The van der Waals surface area contributed by atoms with Crippen LogP contribution in [0, 0.1) is 13.8 Å². The number of rotatable bonds is 6. The number of hydrogen-bond donors (Lipinski definition) is 0. The number of carbonyl (C=O) groups is 2. The minimum absolute atomic E-state index is 0.186. The Morgan fingerprint density at radius 1 is 0.471 bits per heavy atom. The number of hydrogen-bond acceptors (Lipinski definition) is 4. The van der Waals surface area contributed by atoms with Crippen LogP contribution in [0.5, 0.6) is 0 Å². The molecule has 0 atom stereocenters. The van der Waals surface area contributed by atoms with Gasteiger partial charge in [-0.15, -0.1) is 0 Å². The van der Waals surface area contributed by atoms with Crippen LogP contribution in [0.3, 0.4) is 0 Å². The molecule has 34 heavy (non-hydrogen) atoms. The first-order valence-electron chi connectivity index (χ1n) is 11.0. The third-order valence-corrected chi connectivity index (χ3v) is 5.39. The van der Waals surface area contributed by atoms with Crippen molar-refractivity contribution in [3.63, 3.8) is 0 Å². The molecule has 0 fully saturated rings. The maximum absolute atomic E-state index is 13.1. The molecule has 0 radical (unpaired) electrons. The smallest absolute Gasteiger partial charge is 0.343 e. The second-order valence-corrected chi connectivity index (χ2v) is 7.80. The molecule has 4 rings (SSSR count). The average molecular weight is 449 g/mol. The molecule has 4 aromatic carbocycles. The summed E-state index contributed by atoms with van der Waals surface area (Å²) in [7, 11) is 0. The lowest BCUT2D eigenvalue weighted by Crippen LogP contribution is -2.12. The van der Waals surface area contributed by atoms with E-state index in [1.165, 1.54) is 0 Å². The van der Waals surface area contributed by atoms with Gasteiger partial charge in [-0.05, 0) is 49.2 Å². The first kappa shape index (κ1) is 22.7. The highest BCUT2D eigenvalue weighted by molar-refractivity contribution is 6.01. The lowest BCUT2D eigenvalue weighted by molar-refractivity contribution is 0.0646. The highest BCUT2D eigenvalue weighted by Gasteiger charge is 2.24. The van der Waals surface area contributed by atoms with E-state index in [-0.39, 0.29) is 11.5 Å². The lowest BCUT2D eigenvalue weighted by atomic mass is 10.0. The van der Waals surface area contributed by atoms with Gasteiger partial charge in [-0.1, -0.05) is 84.9 Å². The zero-order valence-corrected chi connectivity index (χ0v) is 19.0. The van der Waals surface area contributed by atoms with Gasteiger partial charge in [0.15, 0.2) is 11.5 Å². The second-order valence-electron chi connectivity index (χ2n) is 7.80. The molecular weight excluding hydrogens is 424 g/mol. The van der Waals surface area contributed by atoms with E-state index >= 15 is 0 Å². The van der Waals surface area contributed by atoms with Gasteiger partial charge in [-0.25, -0.2) is 9.59 Å². The van der Waals surface area contributed by atoms with Crippen LogP contribution in [0.25, 0.3) is 11.5 Å². The summed E-state index contributed by atoms with van der Waals surface area (Å²) >= 11 is 0. The van der Waals surface area contributed by atoms with Gasteiger partial charge in [0.05, 0.1) is 11.1 Å². The zero-order chi connectivity index (χ0) is 23.9. The van der Waals surface area contributed by atoms with Crippen LogP contribution in [0.2, 0.25) is 0 Å². The maximum atomic E-state index is 13.1. The van der Waals surface area contributed by atoms with Crippen molar-refractivity contribution in [1.82, 2.24) is 0 Å². The molecule has 0 aliphatic rings. The molecule has 0 heterocycles. The largest absolute Gasteiger partial charge is 0.418 e. The normalized spacial score (nSPS) is 11.4. The van der Waals surface area contributed by atoms with E-state index in [0.29, 0.717) is 22.3 Å². The predicted molar refractivity (Wildman–Crippen MR) is 133 cm³/mol. The molecule has 0 aliphatic carbocycles. The molecule has 0 saturated heterocycles. The van der Waals surface area contributed by atoms with E-state index in [2.05, 4.69) is 0 Å². The summed E-state index contributed by atoms with van der Waals surface area (Å²) < 4.78 is 12.0. The lowest BCUT2D eigenvalue weighted by Gasteiger charge is -2.19. The van der Waals surface area contributed by atoms with Crippen molar-refractivity contribution in [2.45, 2.75) is 13.8 Å². The fraction of sp³-hybridized carbons (Fsp3) is 0.0667. The van der Waals surface area contributed by atoms with Crippen LogP contribution in [0.4, 0.5) is 0 Å². The quantitative estimate of drug-likeness (QED) is 0.184. The fourth-order valence-corrected chi connectivity index (χ4v) is 3.55. The number of benzene rings is 4. The Labute approximate surface area is 199 Å². The molecule has 0 spiro atoms. The minimum Gasteiger partial charge on any atom is -0.418 e. The van der Waals surface area contributed by atoms with Crippen molar-refractivity contribution < 1.29 is 19.1 Å². The summed E-state index contributed by atoms with van der Waals surface area (Å²) in [6, 6.07) is 32.5. The van der Waals surface area contributed by atoms with Gasteiger partial charge in [-0.2, -0.15) is 0 Å². The summed E-state index contributed by atoms with van der Waals surface area (Å²) in [5.41, 5.74) is 3.86. The Kier molecular flexibility index (Phi) is 6.99. The van der Waals surface area contributed by atoms with E-state index in [0.717, 1.165) is 11.1 Å². The summed E-state index contributed by atoms with van der Waals surface area (Å²) in [5.74, 6) is -0.711. The van der Waals surface area contributed by atoms with Crippen molar-refractivity contribution >= 4 is 23.5 Å². The van der Waals surface area contributed by atoms with Crippen molar-refractivity contribution in [1.29, 1.82) is 0 Å². The molecular formula is C30H24O4. The fourth-order valence-electron chi connectivity index (χ4n) is 3.55. The first-order chi connectivity index (χ1) is 16.5. The number of esters is 2. The summed E-state index contributed by atoms with van der Waals surface area (Å²) in [6.45, 7) is 3.83. The van der Waals surface area contributed by atoms with E-state index in [1.807, 2.05) is 74.5 Å². The Morgan fingerprint density at radius 3 is 1.15 bits per heavy atom. The number of aryl methyl sites for hydroxylation is 2. The Balaban J connectivity index is 1.91. The van der Waals surface area contributed by atoms with Crippen LogP contribution in [-0.2, 0) is 9.47 Å². The molecule has 0 aliphatic heterocycles. The van der Waals surface area contributed by atoms with Gasteiger partial charge in [0.1, 0.15) is 0 Å². The van der Waals surface area contributed by atoms with Gasteiger partial charge in [0.2, 0.25) is 0 Å². The van der Waals surface area contributed by atoms with E-state index in [1.54, 1.807) is 48.5 Å². The van der Waals surface area contributed by atoms with Crippen LogP contribution >= 0.6 is 0 Å². The van der Waals surface area contributed by atoms with Crippen molar-refractivity contribution in [2.24, 2.45) is 0 Å². The topological polar surface area (TPSA) is 52.6 Å². The highest BCUT2D eigenvalue weighted by atomic mass is 16.6. The first-order valence-corrected chi connectivity index (χ1v) is 11.0. The molecule has 168 valence electrons. The van der Waals surface area contributed by atoms with Gasteiger partial charge in [0.25, 0.3) is 0 Å². The molecule has 0 bridgehead atoms. The molecule has 0 N–H and O–H groups in total. The van der Waals surface area contributed by atoms with Crippen LogP contribution < -0.4 is 0 Å². The molecule has 4 aromatic rings. The minimum atomic E-state index is -0.541. The van der Waals surface area contributed by atoms with Crippen molar-refractivity contribution in [3.05, 3.63) is 143 Å². The predicted octanol–water partition coefficient (Wildman–Crippen LogP) is 6.84. The molecule has 4 nitrogen and oxygen atoms in total. The van der Waals surface area contributed by atoms with Crippen LogP contribution in [0.15, 0.2) is 109 Å². The van der Waals surface area contributed by atoms with Gasteiger partial charge < -0.3 is 9.47 Å². The van der Waals surface area contributed by atoms with E-state index in [4.69, 9.17) is 9.47 Å². The van der Waals surface area contributed by atoms with Crippen molar-refractivity contribution in [3.8, 4) is 0 Å². The number of carbonyl (C=O) groups excluding carboxylic acids is 2. The second kappa shape index (κ2) is 10.5.